The zero-order chi connectivity index (χ0) is 27.3. The van der Waals surface area contributed by atoms with Crippen molar-refractivity contribution in [1.82, 2.24) is 9.99 Å². The van der Waals surface area contributed by atoms with Crippen LogP contribution in [0.15, 0.2) is 72.1 Å². The fourth-order valence-corrected chi connectivity index (χ4v) is 4.64. The number of nitrogens with zero attached hydrogens (tertiary/aromatic N) is 3. The Balaban J connectivity index is 1.54. The van der Waals surface area contributed by atoms with Gasteiger partial charge in [0.2, 0.25) is 0 Å². The Morgan fingerprint density at radius 1 is 1.08 bits per heavy atom. The number of halogens is 3. The Morgan fingerprint density at radius 3 is 2.42 bits per heavy atom. The summed E-state index contributed by atoms with van der Waals surface area (Å²) in [6.07, 6.45) is -1.30. The molecule has 1 atom stereocenters. The van der Waals surface area contributed by atoms with Crippen molar-refractivity contribution in [2.24, 2.45) is 5.10 Å². The van der Waals surface area contributed by atoms with Gasteiger partial charge in [-0.1, -0.05) is 30.8 Å². The number of aromatic nitrogens is 1. The number of hydrogen-bond acceptors (Lipinski definition) is 7. The molecule has 198 valence electrons. The van der Waals surface area contributed by atoms with E-state index in [2.05, 4.69) is 20.1 Å². The van der Waals surface area contributed by atoms with E-state index in [-0.39, 0.29) is 28.7 Å². The van der Waals surface area contributed by atoms with Crippen LogP contribution in [0.25, 0.3) is 0 Å². The minimum absolute atomic E-state index is 0.0766. The Bertz CT molecular complexity index is 1330. The summed E-state index contributed by atoms with van der Waals surface area (Å²) in [5.41, 5.74) is 2.62. The van der Waals surface area contributed by atoms with E-state index in [0.717, 1.165) is 17.3 Å². The standard InChI is InChI=1S/C26H23F3N4O4S/c1-3-22-23(18-6-9-20(36-2)21(14-18)37-26(27,28)29)32-33(25(35)38-22)15-16-4-7-19(8-5-16)31-24(34)17-10-12-30-13-11-17/h4-14,22H,3,15H2,1-2H3,(H,31,34). The van der Waals surface area contributed by atoms with Gasteiger partial charge in [0.15, 0.2) is 11.5 Å². The second-order valence-corrected chi connectivity index (χ2v) is 9.28. The van der Waals surface area contributed by atoms with Gasteiger partial charge in [0.1, 0.15) is 0 Å². The lowest BCUT2D eigenvalue weighted by Gasteiger charge is -2.28. The number of thioether (sulfide) groups is 1. The predicted molar refractivity (Wildman–Crippen MR) is 137 cm³/mol. The lowest BCUT2D eigenvalue weighted by atomic mass is 10.0. The summed E-state index contributed by atoms with van der Waals surface area (Å²) in [5.74, 6) is -0.851. The van der Waals surface area contributed by atoms with Gasteiger partial charge in [0.05, 0.1) is 24.6 Å². The SMILES string of the molecule is CCC1SC(=O)N(Cc2ccc(NC(=O)c3ccncc3)cc2)N=C1c1ccc(OC)c(OC(F)(F)F)c1. The van der Waals surface area contributed by atoms with Crippen LogP contribution in [0.3, 0.4) is 0 Å². The van der Waals surface area contributed by atoms with Crippen molar-refractivity contribution >= 4 is 34.3 Å². The Hall–Kier alpha value is -4.06. The second-order valence-electron chi connectivity index (χ2n) is 8.12. The molecule has 2 aromatic carbocycles. The van der Waals surface area contributed by atoms with E-state index in [4.69, 9.17) is 4.74 Å². The maximum absolute atomic E-state index is 12.9. The highest BCUT2D eigenvalue weighted by Crippen LogP contribution is 2.36. The summed E-state index contributed by atoms with van der Waals surface area (Å²) in [6, 6.07) is 14.3. The molecule has 1 N–H and O–H groups in total. The average Bonchev–Trinajstić information content (AvgIpc) is 2.90. The fraction of sp³-hybridized carbons (Fsp3) is 0.231. The molecule has 1 aliphatic rings. The maximum Gasteiger partial charge on any atom is 0.573 e. The smallest absolute Gasteiger partial charge is 0.493 e. The summed E-state index contributed by atoms with van der Waals surface area (Å²) >= 11 is 1.05. The molecule has 0 saturated heterocycles. The minimum atomic E-state index is -4.90. The van der Waals surface area contributed by atoms with Gasteiger partial charge in [-0.05, 0) is 54.4 Å². The molecule has 4 rings (SSSR count). The van der Waals surface area contributed by atoms with Gasteiger partial charge in [0.25, 0.3) is 5.91 Å². The highest BCUT2D eigenvalue weighted by molar-refractivity contribution is 8.14. The Kier molecular flexibility index (Phi) is 8.20. The van der Waals surface area contributed by atoms with Crippen LogP contribution in [0.5, 0.6) is 11.5 Å². The number of hydrazone groups is 1. The lowest BCUT2D eigenvalue weighted by molar-refractivity contribution is -0.275. The van der Waals surface area contributed by atoms with Gasteiger partial charge in [0, 0.05) is 29.2 Å². The van der Waals surface area contributed by atoms with Crippen LogP contribution < -0.4 is 14.8 Å². The zero-order valence-corrected chi connectivity index (χ0v) is 21.2. The molecule has 0 bridgehead atoms. The maximum atomic E-state index is 12.9. The second kappa shape index (κ2) is 11.5. The third-order valence-corrected chi connectivity index (χ3v) is 6.78. The minimum Gasteiger partial charge on any atom is -0.493 e. The molecular formula is C26H23F3N4O4S. The molecule has 12 heteroatoms. The molecule has 0 spiro atoms. The van der Waals surface area contributed by atoms with Crippen molar-refractivity contribution in [3.63, 3.8) is 0 Å². The van der Waals surface area contributed by atoms with Crippen molar-refractivity contribution < 1.29 is 32.2 Å². The van der Waals surface area contributed by atoms with Crippen LogP contribution in [0.1, 0.15) is 34.8 Å². The first-order chi connectivity index (χ1) is 18.2. The van der Waals surface area contributed by atoms with Crippen LogP contribution in [0.2, 0.25) is 0 Å². The molecule has 0 radical (unpaired) electrons. The van der Waals surface area contributed by atoms with Crippen LogP contribution in [-0.2, 0) is 6.54 Å². The molecule has 1 unspecified atom stereocenters. The third kappa shape index (κ3) is 6.62. The number of nitrogens with one attached hydrogen (secondary N) is 1. The zero-order valence-electron chi connectivity index (χ0n) is 20.4. The van der Waals surface area contributed by atoms with Crippen molar-refractivity contribution in [3.8, 4) is 11.5 Å². The first-order valence-corrected chi connectivity index (χ1v) is 12.4. The average molecular weight is 545 g/mol. The number of benzene rings is 2. The monoisotopic (exact) mass is 544 g/mol. The predicted octanol–water partition coefficient (Wildman–Crippen LogP) is 6.09. The molecular weight excluding hydrogens is 521 g/mol. The summed E-state index contributed by atoms with van der Waals surface area (Å²) in [5, 5.41) is 7.94. The van der Waals surface area contributed by atoms with Crippen molar-refractivity contribution in [1.29, 1.82) is 0 Å². The van der Waals surface area contributed by atoms with E-state index in [9.17, 15) is 22.8 Å². The van der Waals surface area contributed by atoms with Crippen molar-refractivity contribution in [2.45, 2.75) is 31.5 Å². The topological polar surface area (TPSA) is 93.1 Å². The number of carbonyl (C=O) groups is 2. The van der Waals surface area contributed by atoms with Gasteiger partial charge in [-0.25, -0.2) is 5.01 Å². The highest BCUT2D eigenvalue weighted by atomic mass is 32.2. The van der Waals surface area contributed by atoms with E-state index in [1.807, 2.05) is 6.92 Å². The van der Waals surface area contributed by atoms with E-state index < -0.39 is 12.1 Å². The summed E-state index contributed by atoms with van der Waals surface area (Å²) < 4.78 is 47.9. The van der Waals surface area contributed by atoms with Gasteiger partial charge in [-0.3, -0.25) is 14.6 Å². The Morgan fingerprint density at radius 2 is 1.79 bits per heavy atom. The van der Waals surface area contributed by atoms with E-state index >= 15 is 0 Å². The van der Waals surface area contributed by atoms with E-state index in [0.29, 0.717) is 28.9 Å². The number of methoxy groups -OCH3 is 1. The van der Waals surface area contributed by atoms with Gasteiger partial charge in [-0.15, -0.1) is 13.2 Å². The normalized spacial score (nSPS) is 15.6. The van der Waals surface area contributed by atoms with Crippen LogP contribution in [0, 0.1) is 0 Å². The summed E-state index contributed by atoms with van der Waals surface area (Å²) in [4.78, 5) is 29.0. The van der Waals surface area contributed by atoms with Crippen LogP contribution in [-0.4, -0.2) is 45.6 Å². The van der Waals surface area contributed by atoms with Crippen LogP contribution >= 0.6 is 11.8 Å². The lowest BCUT2D eigenvalue weighted by Crippen LogP contribution is -2.34. The van der Waals surface area contributed by atoms with Gasteiger partial charge in [-0.2, -0.15) is 5.10 Å². The van der Waals surface area contributed by atoms with E-state index in [1.54, 1.807) is 42.5 Å². The number of anilines is 1. The highest BCUT2D eigenvalue weighted by Gasteiger charge is 2.34. The number of rotatable bonds is 8. The molecule has 38 heavy (non-hydrogen) atoms. The number of alkyl halides is 3. The van der Waals surface area contributed by atoms with Crippen LogP contribution in [0.4, 0.5) is 23.7 Å². The van der Waals surface area contributed by atoms with Crippen molar-refractivity contribution in [3.05, 3.63) is 83.7 Å². The van der Waals surface area contributed by atoms with Crippen molar-refractivity contribution in [2.75, 3.05) is 12.4 Å². The molecule has 1 aromatic heterocycles. The molecule has 1 aliphatic heterocycles. The fourth-order valence-electron chi connectivity index (χ4n) is 3.71. The molecule has 3 aromatic rings. The molecule has 0 aliphatic carbocycles. The number of amides is 2. The van der Waals surface area contributed by atoms with Gasteiger partial charge >= 0.3 is 11.6 Å². The molecule has 2 amide bonds. The Labute approximate surface area is 220 Å². The molecule has 0 fully saturated rings. The molecule has 0 saturated carbocycles. The molecule has 8 nitrogen and oxygen atoms in total. The van der Waals surface area contributed by atoms with E-state index in [1.165, 1.54) is 36.6 Å². The summed E-state index contributed by atoms with van der Waals surface area (Å²) in [7, 11) is 1.25. The molecule has 2 heterocycles. The summed E-state index contributed by atoms with van der Waals surface area (Å²) in [6.45, 7) is 2.00. The first-order valence-electron chi connectivity index (χ1n) is 11.5. The number of pyridine rings is 1. The van der Waals surface area contributed by atoms with Gasteiger partial charge < -0.3 is 14.8 Å². The number of hydrogen-bond donors (Lipinski definition) is 1. The largest absolute Gasteiger partial charge is 0.573 e. The first kappa shape index (κ1) is 27.0. The number of carbonyl (C=O) groups excluding carboxylic acids is 2. The quantitative estimate of drug-likeness (QED) is 0.369. The number of ether oxygens (including phenoxy) is 2. The third-order valence-electron chi connectivity index (χ3n) is 5.53.